The Morgan fingerprint density at radius 1 is 1.50 bits per heavy atom. The Kier molecular flexibility index (Phi) is 4.65. The fourth-order valence-electron chi connectivity index (χ4n) is 2.64. The average Bonchev–Trinajstić information content (AvgIpc) is 2.51. The van der Waals surface area contributed by atoms with Crippen molar-refractivity contribution in [1.29, 1.82) is 0 Å². The molecule has 20 heavy (non-hydrogen) atoms. The van der Waals surface area contributed by atoms with Crippen molar-refractivity contribution in [3.63, 3.8) is 0 Å². The molecule has 4 nitrogen and oxygen atoms in total. The monoisotopic (exact) mass is 276 g/mol. The van der Waals surface area contributed by atoms with E-state index in [0.717, 1.165) is 30.7 Å². The first kappa shape index (κ1) is 14.9. The fourth-order valence-corrected chi connectivity index (χ4v) is 2.64. The van der Waals surface area contributed by atoms with Crippen molar-refractivity contribution in [3.8, 4) is 5.75 Å². The van der Waals surface area contributed by atoms with Crippen LogP contribution in [0.25, 0.3) is 0 Å². The highest BCUT2D eigenvalue weighted by Crippen LogP contribution is 2.28. The number of carbonyl (C=O) groups is 1. The summed E-state index contributed by atoms with van der Waals surface area (Å²) < 4.78 is 5.40. The molecule has 1 unspecified atom stereocenters. The lowest BCUT2D eigenvalue weighted by Gasteiger charge is -2.33. The maximum atomic E-state index is 12.5. The predicted molar refractivity (Wildman–Crippen MR) is 79.5 cm³/mol. The number of amides is 1. The topological polar surface area (TPSA) is 55.6 Å². The molecule has 0 saturated carbocycles. The molecule has 0 radical (unpaired) electrons. The molecule has 1 aromatic rings. The van der Waals surface area contributed by atoms with E-state index < -0.39 is 6.04 Å². The Balaban J connectivity index is 2.16. The molecule has 2 rings (SSSR count). The maximum absolute atomic E-state index is 12.5. The van der Waals surface area contributed by atoms with E-state index in [-0.39, 0.29) is 11.8 Å². The number of nitrogens with zero attached hydrogens (tertiary/aromatic N) is 1. The molecule has 1 aliphatic heterocycles. The van der Waals surface area contributed by atoms with Crippen LogP contribution in [0.5, 0.6) is 5.75 Å². The van der Waals surface area contributed by atoms with Gasteiger partial charge in [0.25, 0.3) is 0 Å². The third kappa shape index (κ3) is 2.80. The average molecular weight is 276 g/mol. The highest BCUT2D eigenvalue weighted by atomic mass is 16.5. The summed E-state index contributed by atoms with van der Waals surface area (Å²) in [6.45, 7) is 5.43. The van der Waals surface area contributed by atoms with Crippen LogP contribution in [-0.4, -0.2) is 30.5 Å². The zero-order chi connectivity index (χ0) is 14.7. The molecule has 0 fully saturated rings. The largest absolute Gasteiger partial charge is 0.496 e. The third-order valence-corrected chi connectivity index (χ3v) is 4.30. The minimum absolute atomic E-state index is 0.0518. The molecule has 4 heteroatoms. The summed E-state index contributed by atoms with van der Waals surface area (Å²) in [5, 5.41) is 0. The SMILES string of the molecule is CCC(C)[C@H](N)C(=O)N1CCc2cccc(OC)c2C1. The van der Waals surface area contributed by atoms with E-state index in [9.17, 15) is 4.79 Å². The minimum Gasteiger partial charge on any atom is -0.496 e. The number of hydrogen-bond donors (Lipinski definition) is 1. The van der Waals surface area contributed by atoms with Gasteiger partial charge in [-0.2, -0.15) is 0 Å². The second-order valence-electron chi connectivity index (χ2n) is 5.52. The van der Waals surface area contributed by atoms with Crippen LogP contribution in [0.2, 0.25) is 0 Å². The fraction of sp³-hybridized carbons (Fsp3) is 0.562. The van der Waals surface area contributed by atoms with Crippen molar-refractivity contribution in [2.24, 2.45) is 11.7 Å². The van der Waals surface area contributed by atoms with Crippen LogP contribution >= 0.6 is 0 Å². The summed E-state index contributed by atoms with van der Waals surface area (Å²) >= 11 is 0. The van der Waals surface area contributed by atoms with Gasteiger partial charge in [-0.15, -0.1) is 0 Å². The van der Waals surface area contributed by atoms with Gasteiger partial charge < -0.3 is 15.4 Å². The van der Waals surface area contributed by atoms with E-state index in [4.69, 9.17) is 10.5 Å². The van der Waals surface area contributed by atoms with E-state index in [1.165, 1.54) is 5.56 Å². The smallest absolute Gasteiger partial charge is 0.240 e. The van der Waals surface area contributed by atoms with E-state index in [1.807, 2.05) is 24.0 Å². The van der Waals surface area contributed by atoms with Gasteiger partial charge in [0.15, 0.2) is 0 Å². The summed E-state index contributed by atoms with van der Waals surface area (Å²) in [4.78, 5) is 14.3. The Morgan fingerprint density at radius 2 is 2.25 bits per heavy atom. The standard InChI is InChI=1S/C16H24N2O2/c1-4-11(2)15(17)16(19)18-9-8-12-6-5-7-14(20-3)13(12)10-18/h5-7,11,15H,4,8-10,17H2,1-3H3/t11?,15-/m0/s1. The van der Waals surface area contributed by atoms with Gasteiger partial charge in [0.05, 0.1) is 13.2 Å². The van der Waals surface area contributed by atoms with Crippen LogP contribution in [0, 0.1) is 5.92 Å². The van der Waals surface area contributed by atoms with E-state index >= 15 is 0 Å². The van der Waals surface area contributed by atoms with Crippen LogP contribution < -0.4 is 10.5 Å². The number of hydrogen-bond acceptors (Lipinski definition) is 3. The van der Waals surface area contributed by atoms with E-state index in [1.54, 1.807) is 7.11 Å². The molecule has 0 bridgehead atoms. The Bertz CT molecular complexity index is 473. The highest BCUT2D eigenvalue weighted by Gasteiger charge is 2.28. The molecular formula is C16H24N2O2. The minimum atomic E-state index is -0.406. The third-order valence-electron chi connectivity index (χ3n) is 4.30. The van der Waals surface area contributed by atoms with E-state index in [0.29, 0.717) is 6.54 Å². The van der Waals surface area contributed by atoms with Crippen molar-refractivity contribution >= 4 is 5.91 Å². The van der Waals surface area contributed by atoms with Gasteiger partial charge in [-0.3, -0.25) is 4.79 Å². The number of carbonyl (C=O) groups excluding carboxylic acids is 1. The van der Waals surface area contributed by atoms with Crippen molar-refractivity contribution in [3.05, 3.63) is 29.3 Å². The lowest BCUT2D eigenvalue weighted by Crippen LogP contribution is -2.48. The maximum Gasteiger partial charge on any atom is 0.240 e. The van der Waals surface area contributed by atoms with E-state index in [2.05, 4.69) is 13.0 Å². The second-order valence-corrected chi connectivity index (χ2v) is 5.52. The summed E-state index contributed by atoms with van der Waals surface area (Å²) in [6, 6.07) is 5.65. The van der Waals surface area contributed by atoms with Gasteiger partial charge in [-0.1, -0.05) is 32.4 Å². The number of ether oxygens (including phenoxy) is 1. The lowest BCUT2D eigenvalue weighted by molar-refractivity contribution is -0.134. The molecule has 110 valence electrons. The van der Waals surface area contributed by atoms with Crippen LogP contribution in [0.1, 0.15) is 31.4 Å². The molecular weight excluding hydrogens is 252 g/mol. The zero-order valence-electron chi connectivity index (χ0n) is 12.6. The first-order chi connectivity index (χ1) is 9.58. The summed E-state index contributed by atoms with van der Waals surface area (Å²) in [7, 11) is 1.67. The molecule has 2 atom stereocenters. The Hall–Kier alpha value is -1.55. The van der Waals surface area contributed by atoms with Crippen molar-refractivity contribution in [2.75, 3.05) is 13.7 Å². The van der Waals surface area contributed by atoms with Crippen LogP contribution in [0.15, 0.2) is 18.2 Å². The van der Waals surface area contributed by atoms with Gasteiger partial charge in [-0.05, 0) is 24.0 Å². The summed E-state index contributed by atoms with van der Waals surface area (Å²) in [5.41, 5.74) is 8.46. The molecule has 1 aliphatic rings. The van der Waals surface area contributed by atoms with Crippen LogP contribution in [-0.2, 0) is 17.8 Å². The number of nitrogens with two attached hydrogens (primary N) is 1. The second kappa shape index (κ2) is 6.27. The molecule has 0 aromatic heterocycles. The van der Waals surface area contributed by atoms with Crippen LogP contribution in [0.4, 0.5) is 0 Å². The number of fused-ring (bicyclic) bond motifs is 1. The first-order valence-corrected chi connectivity index (χ1v) is 7.27. The molecule has 0 aliphatic carbocycles. The molecule has 2 N–H and O–H groups in total. The summed E-state index contributed by atoms with van der Waals surface area (Å²) in [5.74, 6) is 1.12. The molecule has 1 amide bonds. The number of methoxy groups -OCH3 is 1. The molecule has 1 aromatic carbocycles. The number of benzene rings is 1. The lowest BCUT2D eigenvalue weighted by atomic mass is 9.95. The normalized spacial score (nSPS) is 17.3. The molecule has 1 heterocycles. The van der Waals surface area contributed by atoms with Crippen molar-refractivity contribution in [2.45, 2.75) is 39.3 Å². The number of rotatable bonds is 4. The molecule has 0 saturated heterocycles. The van der Waals surface area contributed by atoms with Crippen molar-refractivity contribution in [1.82, 2.24) is 4.90 Å². The van der Waals surface area contributed by atoms with Crippen molar-refractivity contribution < 1.29 is 9.53 Å². The Morgan fingerprint density at radius 3 is 2.90 bits per heavy atom. The predicted octanol–water partition coefficient (Wildman–Crippen LogP) is 1.95. The summed E-state index contributed by atoms with van der Waals surface area (Å²) in [6.07, 6.45) is 1.78. The zero-order valence-corrected chi connectivity index (χ0v) is 12.6. The van der Waals surface area contributed by atoms with Gasteiger partial charge in [-0.25, -0.2) is 0 Å². The Labute approximate surface area is 120 Å². The highest BCUT2D eigenvalue weighted by molar-refractivity contribution is 5.82. The van der Waals surface area contributed by atoms with Gasteiger partial charge in [0, 0.05) is 18.7 Å². The first-order valence-electron chi connectivity index (χ1n) is 7.27. The van der Waals surface area contributed by atoms with Crippen LogP contribution in [0.3, 0.4) is 0 Å². The quantitative estimate of drug-likeness (QED) is 0.914. The van der Waals surface area contributed by atoms with Gasteiger partial charge in [0.2, 0.25) is 5.91 Å². The van der Waals surface area contributed by atoms with Gasteiger partial charge >= 0.3 is 0 Å². The van der Waals surface area contributed by atoms with Gasteiger partial charge in [0.1, 0.15) is 5.75 Å². The molecule has 0 spiro atoms.